The van der Waals surface area contributed by atoms with Gasteiger partial charge in [0, 0.05) is 11.8 Å². The molecular formula is C16H16N4S. The molecule has 0 saturated carbocycles. The van der Waals surface area contributed by atoms with Gasteiger partial charge in [-0.1, -0.05) is 30.3 Å². The molecule has 5 heteroatoms. The maximum Gasteiger partial charge on any atom is 0.189 e. The van der Waals surface area contributed by atoms with Crippen LogP contribution in [0.25, 0.3) is 5.70 Å². The van der Waals surface area contributed by atoms with E-state index in [4.69, 9.17) is 12.2 Å². The number of nitrogens with zero attached hydrogens (tertiary/aromatic N) is 1. The third-order valence-electron chi connectivity index (χ3n) is 3.30. The number of hydrogen-bond acceptors (Lipinski definition) is 3. The van der Waals surface area contributed by atoms with Crippen LogP contribution in [0.1, 0.15) is 17.5 Å². The van der Waals surface area contributed by atoms with E-state index in [2.05, 4.69) is 45.4 Å². The van der Waals surface area contributed by atoms with Crippen molar-refractivity contribution in [1.82, 2.24) is 15.8 Å². The summed E-state index contributed by atoms with van der Waals surface area (Å²) in [5, 5.41) is 3.58. The van der Waals surface area contributed by atoms with Crippen LogP contribution in [0.2, 0.25) is 0 Å². The number of rotatable bonds is 3. The molecule has 0 radical (unpaired) electrons. The summed E-state index contributed by atoms with van der Waals surface area (Å²) in [6, 6.07) is 12.2. The van der Waals surface area contributed by atoms with Crippen molar-refractivity contribution in [2.24, 2.45) is 0 Å². The summed E-state index contributed by atoms with van der Waals surface area (Å²) in [4.78, 5) is 4.04. The lowest BCUT2D eigenvalue weighted by Gasteiger charge is -2.20. The fourth-order valence-corrected chi connectivity index (χ4v) is 2.49. The Hall–Kier alpha value is -2.40. The second-order valence-corrected chi connectivity index (χ2v) is 5.17. The number of anilines is 1. The van der Waals surface area contributed by atoms with Gasteiger partial charge in [0.2, 0.25) is 0 Å². The van der Waals surface area contributed by atoms with Crippen molar-refractivity contribution < 1.29 is 0 Å². The molecule has 2 aromatic rings. The van der Waals surface area contributed by atoms with Gasteiger partial charge in [0.15, 0.2) is 5.11 Å². The summed E-state index contributed by atoms with van der Waals surface area (Å²) in [6.45, 7) is 0. The first-order valence-electron chi connectivity index (χ1n) is 6.84. The highest BCUT2D eigenvalue weighted by Gasteiger charge is 2.11. The SMILES string of the molecule is S=C(NNC1=CCCc2ccccc21)Nc1cccnc1. The standard InChI is InChI=1S/C16H16N4S/c21-16(18-13-7-4-10-17-11-13)20-19-15-9-3-6-12-5-1-2-8-14(12)15/h1-2,4-5,7-11,19H,3,6H2,(H2,18,20,21). The number of nitrogens with one attached hydrogen (secondary N) is 3. The second kappa shape index (κ2) is 6.37. The van der Waals surface area contributed by atoms with Crippen LogP contribution in [0.15, 0.2) is 54.9 Å². The van der Waals surface area contributed by atoms with Crippen LogP contribution < -0.4 is 16.2 Å². The van der Waals surface area contributed by atoms with E-state index < -0.39 is 0 Å². The van der Waals surface area contributed by atoms with E-state index in [0.717, 1.165) is 24.2 Å². The molecule has 1 aromatic heterocycles. The predicted octanol–water partition coefficient (Wildman–Crippen LogP) is 2.86. The topological polar surface area (TPSA) is 49.0 Å². The maximum atomic E-state index is 5.26. The van der Waals surface area contributed by atoms with Crippen molar-refractivity contribution in [3.8, 4) is 0 Å². The summed E-state index contributed by atoms with van der Waals surface area (Å²) in [6.07, 6.45) is 7.75. The number of pyridine rings is 1. The zero-order chi connectivity index (χ0) is 14.5. The Bertz CT molecular complexity index is 667. The number of benzene rings is 1. The van der Waals surface area contributed by atoms with Crippen LogP contribution in [0.3, 0.4) is 0 Å². The first-order chi connectivity index (χ1) is 10.3. The number of hydrogen-bond donors (Lipinski definition) is 3. The summed E-state index contributed by atoms with van der Waals surface area (Å²) in [5.41, 5.74) is 10.7. The molecule has 0 atom stereocenters. The lowest BCUT2D eigenvalue weighted by Crippen LogP contribution is -2.39. The molecule has 106 valence electrons. The average molecular weight is 296 g/mol. The van der Waals surface area contributed by atoms with Crippen LogP contribution in [-0.2, 0) is 6.42 Å². The van der Waals surface area contributed by atoms with Crippen LogP contribution in [0, 0.1) is 0 Å². The zero-order valence-electron chi connectivity index (χ0n) is 11.5. The van der Waals surface area contributed by atoms with Crippen LogP contribution in [-0.4, -0.2) is 10.1 Å². The fourth-order valence-electron chi connectivity index (χ4n) is 2.32. The summed E-state index contributed by atoms with van der Waals surface area (Å²) >= 11 is 5.26. The molecular weight excluding hydrogens is 280 g/mol. The number of fused-ring (bicyclic) bond motifs is 1. The van der Waals surface area contributed by atoms with E-state index >= 15 is 0 Å². The van der Waals surface area contributed by atoms with Crippen molar-refractivity contribution in [2.45, 2.75) is 12.8 Å². The molecule has 3 N–H and O–H groups in total. The number of thiocarbonyl (C=S) groups is 1. The van der Waals surface area contributed by atoms with Gasteiger partial charge < -0.3 is 5.32 Å². The molecule has 1 aliphatic carbocycles. The predicted molar refractivity (Wildman–Crippen MR) is 89.5 cm³/mol. The van der Waals surface area contributed by atoms with E-state index in [1.165, 1.54) is 11.1 Å². The molecule has 1 aromatic carbocycles. The normalized spacial score (nSPS) is 12.9. The van der Waals surface area contributed by atoms with E-state index in [1.54, 1.807) is 12.4 Å². The van der Waals surface area contributed by atoms with E-state index in [9.17, 15) is 0 Å². The minimum absolute atomic E-state index is 0.506. The third kappa shape index (κ3) is 3.38. The second-order valence-electron chi connectivity index (χ2n) is 4.76. The fraction of sp³-hybridized carbons (Fsp3) is 0.125. The Labute approximate surface area is 129 Å². The number of aromatic nitrogens is 1. The van der Waals surface area contributed by atoms with Crippen molar-refractivity contribution >= 4 is 28.7 Å². The zero-order valence-corrected chi connectivity index (χ0v) is 12.3. The van der Waals surface area contributed by atoms with Gasteiger partial charge in [-0.3, -0.25) is 15.8 Å². The molecule has 3 rings (SSSR count). The number of aryl methyl sites for hydroxylation is 1. The molecule has 1 heterocycles. The summed E-state index contributed by atoms with van der Waals surface area (Å²) < 4.78 is 0. The first kappa shape index (κ1) is 13.6. The summed E-state index contributed by atoms with van der Waals surface area (Å²) in [7, 11) is 0. The molecule has 0 aliphatic heterocycles. The van der Waals surface area contributed by atoms with Crippen molar-refractivity contribution in [2.75, 3.05) is 5.32 Å². The highest BCUT2D eigenvalue weighted by atomic mass is 32.1. The summed E-state index contributed by atoms with van der Waals surface area (Å²) in [5.74, 6) is 0. The van der Waals surface area contributed by atoms with Gasteiger partial charge in [0.1, 0.15) is 0 Å². The minimum Gasteiger partial charge on any atom is -0.330 e. The lowest BCUT2D eigenvalue weighted by molar-refractivity contribution is 0.826. The van der Waals surface area contributed by atoms with E-state index in [-0.39, 0.29) is 0 Å². The van der Waals surface area contributed by atoms with Crippen molar-refractivity contribution in [3.05, 3.63) is 66.0 Å². The number of allylic oxidation sites excluding steroid dienone is 1. The molecule has 0 spiro atoms. The minimum atomic E-state index is 0.506. The Balaban J connectivity index is 1.60. The molecule has 4 nitrogen and oxygen atoms in total. The van der Waals surface area contributed by atoms with Gasteiger partial charge in [-0.2, -0.15) is 0 Å². The first-order valence-corrected chi connectivity index (χ1v) is 7.25. The van der Waals surface area contributed by atoms with Gasteiger partial charge in [-0.25, -0.2) is 0 Å². The lowest BCUT2D eigenvalue weighted by atomic mass is 9.95. The van der Waals surface area contributed by atoms with Gasteiger partial charge in [-0.15, -0.1) is 0 Å². The Morgan fingerprint density at radius 3 is 2.90 bits per heavy atom. The van der Waals surface area contributed by atoms with Gasteiger partial charge in [-0.05, 0) is 42.8 Å². The molecule has 1 aliphatic rings. The molecule has 21 heavy (non-hydrogen) atoms. The molecule has 0 saturated heterocycles. The van der Waals surface area contributed by atoms with E-state index in [0.29, 0.717) is 5.11 Å². The van der Waals surface area contributed by atoms with Crippen molar-refractivity contribution in [1.29, 1.82) is 0 Å². The average Bonchev–Trinajstić information content (AvgIpc) is 2.54. The molecule has 0 unspecified atom stereocenters. The van der Waals surface area contributed by atoms with Crippen molar-refractivity contribution in [3.63, 3.8) is 0 Å². The Morgan fingerprint density at radius 2 is 2.05 bits per heavy atom. The third-order valence-corrected chi connectivity index (χ3v) is 3.50. The Kier molecular flexibility index (Phi) is 4.12. The molecule has 0 amide bonds. The smallest absolute Gasteiger partial charge is 0.189 e. The van der Waals surface area contributed by atoms with Crippen LogP contribution in [0.5, 0.6) is 0 Å². The number of hydrazine groups is 1. The molecule has 0 bridgehead atoms. The van der Waals surface area contributed by atoms with Crippen LogP contribution >= 0.6 is 12.2 Å². The highest BCUT2D eigenvalue weighted by molar-refractivity contribution is 7.80. The largest absolute Gasteiger partial charge is 0.330 e. The highest BCUT2D eigenvalue weighted by Crippen LogP contribution is 2.23. The molecule has 0 fully saturated rings. The Morgan fingerprint density at radius 1 is 1.14 bits per heavy atom. The van der Waals surface area contributed by atoms with E-state index in [1.807, 2.05) is 18.2 Å². The van der Waals surface area contributed by atoms with Gasteiger partial charge in [0.05, 0.1) is 17.6 Å². The quantitative estimate of drug-likeness (QED) is 0.600. The maximum absolute atomic E-state index is 5.26. The van der Waals surface area contributed by atoms with Gasteiger partial charge in [0.25, 0.3) is 0 Å². The monoisotopic (exact) mass is 296 g/mol. The van der Waals surface area contributed by atoms with Gasteiger partial charge >= 0.3 is 0 Å². The van der Waals surface area contributed by atoms with Crippen LogP contribution in [0.4, 0.5) is 5.69 Å².